The van der Waals surface area contributed by atoms with E-state index in [0.717, 1.165) is 30.6 Å². The SMILES string of the molecule is CCCC(CC)NC(=O)C(=O)NCCc1ccc(OC)cc1. The van der Waals surface area contributed by atoms with Gasteiger partial charge in [-0.2, -0.15) is 0 Å². The van der Waals surface area contributed by atoms with Gasteiger partial charge in [0.05, 0.1) is 7.11 Å². The number of benzene rings is 1. The first-order valence-corrected chi connectivity index (χ1v) is 7.82. The van der Waals surface area contributed by atoms with E-state index in [0.29, 0.717) is 13.0 Å². The van der Waals surface area contributed by atoms with Crippen LogP contribution in [0.15, 0.2) is 24.3 Å². The van der Waals surface area contributed by atoms with E-state index in [2.05, 4.69) is 17.6 Å². The number of ether oxygens (including phenoxy) is 1. The van der Waals surface area contributed by atoms with Gasteiger partial charge in [-0.25, -0.2) is 0 Å². The fraction of sp³-hybridized carbons (Fsp3) is 0.529. The lowest BCUT2D eigenvalue weighted by atomic mass is 10.1. The molecule has 0 bridgehead atoms. The molecular weight excluding hydrogens is 280 g/mol. The highest BCUT2D eigenvalue weighted by Crippen LogP contribution is 2.11. The van der Waals surface area contributed by atoms with Crippen LogP contribution in [-0.4, -0.2) is 31.5 Å². The molecular formula is C17H26N2O3. The standard InChI is InChI=1S/C17H26N2O3/c1-4-6-14(5-2)19-17(21)16(20)18-12-11-13-7-9-15(22-3)10-8-13/h7-10,14H,4-6,11-12H2,1-3H3,(H,18,20)(H,19,21). The van der Waals surface area contributed by atoms with Gasteiger partial charge in [0.25, 0.3) is 0 Å². The lowest BCUT2D eigenvalue weighted by molar-refractivity contribution is -0.139. The molecule has 1 aromatic carbocycles. The Hall–Kier alpha value is -2.04. The Morgan fingerprint density at radius 2 is 1.82 bits per heavy atom. The molecule has 1 aromatic rings. The van der Waals surface area contributed by atoms with E-state index in [1.54, 1.807) is 7.11 Å². The Balaban J connectivity index is 2.33. The summed E-state index contributed by atoms with van der Waals surface area (Å²) in [5.41, 5.74) is 1.08. The number of methoxy groups -OCH3 is 1. The summed E-state index contributed by atoms with van der Waals surface area (Å²) < 4.78 is 5.09. The second kappa shape index (κ2) is 9.82. The van der Waals surface area contributed by atoms with Crippen molar-refractivity contribution in [3.8, 4) is 5.75 Å². The van der Waals surface area contributed by atoms with Gasteiger partial charge in [-0.3, -0.25) is 9.59 Å². The minimum atomic E-state index is -0.567. The highest BCUT2D eigenvalue weighted by atomic mass is 16.5. The molecule has 0 aliphatic heterocycles. The fourth-order valence-corrected chi connectivity index (χ4v) is 2.17. The van der Waals surface area contributed by atoms with E-state index < -0.39 is 11.8 Å². The van der Waals surface area contributed by atoms with Gasteiger partial charge < -0.3 is 15.4 Å². The molecule has 2 amide bonds. The Morgan fingerprint density at radius 1 is 1.14 bits per heavy atom. The molecule has 0 saturated heterocycles. The van der Waals surface area contributed by atoms with Crippen molar-refractivity contribution in [2.24, 2.45) is 0 Å². The van der Waals surface area contributed by atoms with Crippen LogP contribution in [0.3, 0.4) is 0 Å². The molecule has 0 saturated carbocycles. The molecule has 5 heteroatoms. The van der Waals surface area contributed by atoms with E-state index in [-0.39, 0.29) is 6.04 Å². The maximum atomic E-state index is 11.8. The normalized spacial score (nSPS) is 11.6. The average molecular weight is 306 g/mol. The first-order valence-electron chi connectivity index (χ1n) is 7.82. The summed E-state index contributed by atoms with van der Waals surface area (Å²) >= 11 is 0. The molecule has 1 unspecified atom stereocenters. The zero-order valence-corrected chi connectivity index (χ0v) is 13.6. The van der Waals surface area contributed by atoms with Crippen molar-refractivity contribution in [3.05, 3.63) is 29.8 Å². The summed E-state index contributed by atoms with van der Waals surface area (Å²) in [6.07, 6.45) is 3.38. The molecule has 0 aliphatic carbocycles. The maximum absolute atomic E-state index is 11.8. The molecule has 22 heavy (non-hydrogen) atoms. The fourth-order valence-electron chi connectivity index (χ4n) is 2.17. The maximum Gasteiger partial charge on any atom is 0.309 e. The molecule has 2 N–H and O–H groups in total. The van der Waals surface area contributed by atoms with Gasteiger partial charge >= 0.3 is 11.8 Å². The average Bonchev–Trinajstić information content (AvgIpc) is 2.54. The number of hydrogen-bond donors (Lipinski definition) is 2. The zero-order valence-electron chi connectivity index (χ0n) is 13.6. The summed E-state index contributed by atoms with van der Waals surface area (Å²) in [6, 6.07) is 7.71. The molecule has 0 heterocycles. The van der Waals surface area contributed by atoms with Crippen molar-refractivity contribution >= 4 is 11.8 Å². The molecule has 122 valence electrons. The number of rotatable bonds is 8. The van der Waals surface area contributed by atoms with Crippen LogP contribution in [0.4, 0.5) is 0 Å². The van der Waals surface area contributed by atoms with Crippen LogP contribution >= 0.6 is 0 Å². The lowest BCUT2D eigenvalue weighted by Crippen LogP contribution is -2.44. The minimum Gasteiger partial charge on any atom is -0.497 e. The van der Waals surface area contributed by atoms with E-state index in [4.69, 9.17) is 4.74 Å². The van der Waals surface area contributed by atoms with E-state index in [9.17, 15) is 9.59 Å². The van der Waals surface area contributed by atoms with Gasteiger partial charge in [0.15, 0.2) is 0 Å². The second-order valence-corrected chi connectivity index (χ2v) is 5.22. The summed E-state index contributed by atoms with van der Waals surface area (Å²) in [4.78, 5) is 23.5. The Kier molecular flexibility index (Phi) is 8.04. The molecule has 1 atom stereocenters. The summed E-state index contributed by atoms with van der Waals surface area (Å²) in [7, 11) is 1.62. The van der Waals surface area contributed by atoms with Crippen LogP contribution in [0.25, 0.3) is 0 Å². The first-order chi connectivity index (χ1) is 10.6. The van der Waals surface area contributed by atoms with Crippen molar-refractivity contribution in [3.63, 3.8) is 0 Å². The summed E-state index contributed by atoms with van der Waals surface area (Å²) in [6.45, 7) is 4.50. The predicted octanol–water partition coefficient (Wildman–Crippen LogP) is 2.05. The van der Waals surface area contributed by atoms with Crippen LogP contribution in [-0.2, 0) is 16.0 Å². The molecule has 0 spiro atoms. The smallest absolute Gasteiger partial charge is 0.309 e. The van der Waals surface area contributed by atoms with Crippen LogP contribution in [0.2, 0.25) is 0 Å². The number of amides is 2. The molecule has 0 fully saturated rings. The largest absolute Gasteiger partial charge is 0.497 e. The van der Waals surface area contributed by atoms with Crippen LogP contribution < -0.4 is 15.4 Å². The van der Waals surface area contributed by atoms with Gasteiger partial charge in [-0.15, -0.1) is 0 Å². The van der Waals surface area contributed by atoms with E-state index >= 15 is 0 Å². The van der Waals surface area contributed by atoms with Gasteiger partial charge in [0.1, 0.15) is 5.75 Å². The van der Waals surface area contributed by atoms with Crippen molar-refractivity contribution < 1.29 is 14.3 Å². The Morgan fingerprint density at radius 3 is 2.36 bits per heavy atom. The van der Waals surface area contributed by atoms with Crippen LogP contribution in [0, 0.1) is 0 Å². The quantitative estimate of drug-likeness (QED) is 0.722. The van der Waals surface area contributed by atoms with Gasteiger partial charge in [-0.1, -0.05) is 32.4 Å². The Labute approximate surface area is 132 Å². The van der Waals surface area contributed by atoms with Crippen molar-refractivity contribution in [1.29, 1.82) is 0 Å². The predicted molar refractivity (Wildman–Crippen MR) is 86.8 cm³/mol. The third-order valence-corrected chi connectivity index (χ3v) is 3.53. The van der Waals surface area contributed by atoms with Gasteiger partial charge in [-0.05, 0) is 37.0 Å². The number of hydrogen-bond acceptors (Lipinski definition) is 3. The van der Waals surface area contributed by atoms with Crippen LogP contribution in [0.5, 0.6) is 5.75 Å². The number of carbonyl (C=O) groups is 2. The minimum absolute atomic E-state index is 0.0739. The van der Waals surface area contributed by atoms with E-state index in [1.807, 2.05) is 31.2 Å². The zero-order chi connectivity index (χ0) is 16.4. The molecule has 0 aromatic heterocycles. The molecule has 5 nitrogen and oxygen atoms in total. The third kappa shape index (κ3) is 6.16. The monoisotopic (exact) mass is 306 g/mol. The summed E-state index contributed by atoms with van der Waals surface area (Å²) in [5, 5.41) is 5.41. The topological polar surface area (TPSA) is 67.4 Å². The molecule has 0 radical (unpaired) electrons. The van der Waals surface area contributed by atoms with Crippen molar-refractivity contribution in [2.75, 3.05) is 13.7 Å². The molecule has 0 aliphatic rings. The number of carbonyl (C=O) groups excluding carboxylic acids is 2. The lowest BCUT2D eigenvalue weighted by Gasteiger charge is -2.15. The van der Waals surface area contributed by atoms with Crippen LogP contribution in [0.1, 0.15) is 38.7 Å². The number of nitrogens with one attached hydrogen (secondary N) is 2. The highest BCUT2D eigenvalue weighted by molar-refractivity contribution is 6.35. The summed E-state index contributed by atoms with van der Waals surface area (Å²) in [5.74, 6) is -0.313. The van der Waals surface area contributed by atoms with Gasteiger partial charge in [0.2, 0.25) is 0 Å². The Bertz CT molecular complexity index is 471. The van der Waals surface area contributed by atoms with Crippen molar-refractivity contribution in [1.82, 2.24) is 10.6 Å². The van der Waals surface area contributed by atoms with Crippen molar-refractivity contribution in [2.45, 2.75) is 45.6 Å². The van der Waals surface area contributed by atoms with Gasteiger partial charge in [0, 0.05) is 12.6 Å². The third-order valence-electron chi connectivity index (χ3n) is 3.53. The highest BCUT2D eigenvalue weighted by Gasteiger charge is 2.16. The second-order valence-electron chi connectivity index (χ2n) is 5.22. The molecule has 1 rings (SSSR count). The first kappa shape index (κ1) is 18.0. The van der Waals surface area contributed by atoms with E-state index in [1.165, 1.54) is 0 Å².